The Balaban J connectivity index is 2.08. The highest BCUT2D eigenvalue weighted by molar-refractivity contribution is 7.16. The van der Waals surface area contributed by atoms with Gasteiger partial charge in [-0.25, -0.2) is 0 Å². The maximum Gasteiger partial charge on any atom is 0.309 e. The minimum Gasteiger partial charge on any atom is -0.296 e. The van der Waals surface area contributed by atoms with E-state index in [9.17, 15) is 9.59 Å². The number of nitrogens with zero attached hydrogens (tertiary/aromatic N) is 2. The van der Waals surface area contributed by atoms with Gasteiger partial charge in [0.1, 0.15) is 12.5 Å². The van der Waals surface area contributed by atoms with Crippen LogP contribution in [0.25, 0.3) is 10.2 Å². The monoisotopic (exact) mass is 378 g/mol. The molecule has 6 heteroatoms. The van der Waals surface area contributed by atoms with Crippen molar-refractivity contribution in [1.82, 2.24) is 9.47 Å². The van der Waals surface area contributed by atoms with Gasteiger partial charge in [-0.05, 0) is 43.7 Å². The van der Waals surface area contributed by atoms with Gasteiger partial charge in [0.15, 0.2) is 0 Å². The summed E-state index contributed by atoms with van der Waals surface area (Å²) in [4.78, 5) is 26.8. The number of rotatable bonds is 5. The molecule has 0 fully saturated rings. The molecule has 4 nitrogen and oxygen atoms in total. The molecule has 1 atom stereocenters. The molecule has 1 unspecified atom stereocenters. The van der Waals surface area contributed by atoms with Crippen LogP contribution >= 0.6 is 22.9 Å². The SMILES string of the molecule is CCC1=C(N(Cn2c(=O)sc3ccccc32)C(=O)CCl)C(C)CCC1. The number of carbonyl (C=O) groups is 1. The lowest BCUT2D eigenvalue weighted by atomic mass is 9.86. The second kappa shape index (κ2) is 7.75. The van der Waals surface area contributed by atoms with Crippen LogP contribution in [0, 0.1) is 5.92 Å². The zero-order valence-electron chi connectivity index (χ0n) is 14.6. The van der Waals surface area contributed by atoms with Crippen molar-refractivity contribution in [3.8, 4) is 0 Å². The van der Waals surface area contributed by atoms with E-state index in [-0.39, 0.29) is 23.3 Å². The normalized spacial score (nSPS) is 18.0. The molecule has 2 aromatic rings. The summed E-state index contributed by atoms with van der Waals surface area (Å²) < 4.78 is 2.62. The van der Waals surface area contributed by atoms with Crippen LogP contribution in [-0.4, -0.2) is 21.3 Å². The largest absolute Gasteiger partial charge is 0.309 e. The molecule has 1 aliphatic carbocycles. The van der Waals surface area contributed by atoms with Crippen molar-refractivity contribution in [3.63, 3.8) is 0 Å². The summed E-state index contributed by atoms with van der Waals surface area (Å²) in [5, 5.41) is 0. The molecule has 1 aliphatic rings. The van der Waals surface area contributed by atoms with E-state index in [0.717, 1.165) is 41.6 Å². The van der Waals surface area contributed by atoms with Crippen molar-refractivity contribution in [2.24, 2.45) is 5.92 Å². The summed E-state index contributed by atoms with van der Waals surface area (Å²) in [6.07, 6.45) is 4.15. The molecule has 25 heavy (non-hydrogen) atoms. The van der Waals surface area contributed by atoms with Gasteiger partial charge < -0.3 is 0 Å². The molecule has 0 bridgehead atoms. The van der Waals surface area contributed by atoms with E-state index in [1.807, 2.05) is 24.3 Å². The third kappa shape index (κ3) is 3.53. The van der Waals surface area contributed by atoms with Crippen molar-refractivity contribution in [2.45, 2.75) is 46.2 Å². The zero-order chi connectivity index (χ0) is 18.0. The van der Waals surface area contributed by atoms with Crippen LogP contribution in [0.1, 0.15) is 39.5 Å². The second-order valence-electron chi connectivity index (χ2n) is 6.50. The molecule has 0 aliphatic heterocycles. The number of para-hydroxylation sites is 1. The molecule has 0 radical (unpaired) electrons. The van der Waals surface area contributed by atoms with Crippen LogP contribution < -0.4 is 4.87 Å². The van der Waals surface area contributed by atoms with Gasteiger partial charge in [0.2, 0.25) is 5.91 Å². The number of fused-ring (bicyclic) bond motifs is 1. The number of carbonyl (C=O) groups excluding carboxylic acids is 1. The number of benzene rings is 1. The minimum atomic E-state index is -0.140. The van der Waals surface area contributed by atoms with E-state index in [0.29, 0.717) is 5.92 Å². The van der Waals surface area contributed by atoms with Crippen molar-refractivity contribution in [1.29, 1.82) is 0 Å². The minimum absolute atomic E-state index is 0.0457. The maximum atomic E-state index is 12.6. The third-order valence-corrected chi connectivity index (χ3v) is 6.12. The van der Waals surface area contributed by atoms with Crippen LogP contribution in [0.2, 0.25) is 0 Å². The summed E-state index contributed by atoms with van der Waals surface area (Å²) in [7, 11) is 0. The van der Waals surface area contributed by atoms with Gasteiger partial charge in [0.05, 0.1) is 10.2 Å². The zero-order valence-corrected chi connectivity index (χ0v) is 16.2. The average molecular weight is 379 g/mol. The van der Waals surface area contributed by atoms with Crippen molar-refractivity contribution in [2.75, 3.05) is 5.88 Å². The first-order chi connectivity index (χ1) is 12.1. The predicted molar refractivity (Wildman–Crippen MR) is 104 cm³/mol. The highest BCUT2D eigenvalue weighted by atomic mass is 35.5. The highest BCUT2D eigenvalue weighted by Crippen LogP contribution is 2.34. The standard InChI is InChI=1S/C19H23ClN2O2S/c1-3-14-8-6-7-13(2)18(14)22(17(23)11-20)12-21-15-9-4-5-10-16(15)25-19(21)24/h4-5,9-10,13H,3,6-8,11-12H2,1-2H3. The van der Waals surface area contributed by atoms with Gasteiger partial charge >= 0.3 is 4.87 Å². The first kappa shape index (κ1) is 18.2. The van der Waals surface area contributed by atoms with Gasteiger partial charge in [-0.1, -0.05) is 42.9 Å². The lowest BCUT2D eigenvalue weighted by Crippen LogP contribution is -2.39. The Hall–Kier alpha value is -1.59. The lowest BCUT2D eigenvalue weighted by Gasteiger charge is -2.34. The molecule has 134 valence electrons. The van der Waals surface area contributed by atoms with Crippen molar-refractivity contribution >= 4 is 39.1 Å². The lowest BCUT2D eigenvalue weighted by molar-refractivity contribution is -0.128. The smallest absolute Gasteiger partial charge is 0.296 e. The van der Waals surface area contributed by atoms with Gasteiger partial charge in [0, 0.05) is 5.70 Å². The maximum absolute atomic E-state index is 12.6. The Morgan fingerprint density at radius 1 is 1.40 bits per heavy atom. The molecule has 0 saturated heterocycles. The number of aromatic nitrogens is 1. The Labute approximate surface area is 156 Å². The van der Waals surface area contributed by atoms with Gasteiger partial charge in [-0.2, -0.15) is 0 Å². The summed E-state index contributed by atoms with van der Waals surface area (Å²) in [5.41, 5.74) is 3.25. The van der Waals surface area contributed by atoms with E-state index in [1.54, 1.807) is 9.47 Å². The number of alkyl halides is 1. The molecule has 3 rings (SSSR count). The average Bonchev–Trinajstić information content (AvgIpc) is 2.94. The van der Waals surface area contributed by atoms with Crippen LogP contribution in [0.5, 0.6) is 0 Å². The topological polar surface area (TPSA) is 42.3 Å². The van der Waals surface area contributed by atoms with Gasteiger partial charge in [-0.15, -0.1) is 11.6 Å². The molecule has 0 N–H and O–H groups in total. The number of allylic oxidation sites excluding steroid dienone is 2. The van der Waals surface area contributed by atoms with E-state index < -0.39 is 0 Å². The van der Waals surface area contributed by atoms with Gasteiger partial charge in [-0.3, -0.25) is 19.1 Å². The summed E-state index contributed by atoms with van der Waals surface area (Å²) in [5.74, 6) is 0.0827. The quantitative estimate of drug-likeness (QED) is 0.715. The van der Waals surface area contributed by atoms with Crippen LogP contribution in [0.4, 0.5) is 0 Å². The number of thiazole rings is 1. The first-order valence-corrected chi connectivity index (χ1v) is 10.1. The molecule has 1 amide bonds. The number of amides is 1. The highest BCUT2D eigenvalue weighted by Gasteiger charge is 2.28. The molecule has 1 aromatic carbocycles. The Morgan fingerprint density at radius 3 is 2.88 bits per heavy atom. The van der Waals surface area contributed by atoms with E-state index in [1.165, 1.54) is 16.9 Å². The molecule has 1 heterocycles. The fourth-order valence-electron chi connectivity index (χ4n) is 3.70. The number of hydrogen-bond donors (Lipinski definition) is 0. The Morgan fingerprint density at radius 2 is 2.16 bits per heavy atom. The van der Waals surface area contributed by atoms with E-state index in [4.69, 9.17) is 11.6 Å². The van der Waals surface area contributed by atoms with E-state index >= 15 is 0 Å². The van der Waals surface area contributed by atoms with Crippen LogP contribution in [0.3, 0.4) is 0 Å². The van der Waals surface area contributed by atoms with Crippen LogP contribution in [0.15, 0.2) is 40.3 Å². The van der Waals surface area contributed by atoms with Crippen molar-refractivity contribution < 1.29 is 4.79 Å². The molecule has 0 spiro atoms. The Bertz CT molecular complexity index is 868. The summed E-state index contributed by atoms with van der Waals surface area (Å²) in [6, 6.07) is 7.70. The first-order valence-electron chi connectivity index (χ1n) is 8.73. The fraction of sp³-hybridized carbons (Fsp3) is 0.474. The Kier molecular flexibility index (Phi) is 5.64. The van der Waals surface area contributed by atoms with E-state index in [2.05, 4.69) is 13.8 Å². The fourth-order valence-corrected chi connectivity index (χ4v) is 4.73. The third-order valence-electron chi connectivity index (χ3n) is 4.93. The molecule has 0 saturated carbocycles. The summed E-state index contributed by atoms with van der Waals surface area (Å²) in [6.45, 7) is 4.52. The predicted octanol–water partition coefficient (Wildman–Crippen LogP) is 4.57. The molecular weight excluding hydrogens is 356 g/mol. The van der Waals surface area contributed by atoms with Crippen LogP contribution in [-0.2, 0) is 11.5 Å². The van der Waals surface area contributed by atoms with Crippen molar-refractivity contribution in [3.05, 3.63) is 45.2 Å². The molecular formula is C19H23ClN2O2S. The second-order valence-corrected chi connectivity index (χ2v) is 7.76. The summed E-state index contributed by atoms with van der Waals surface area (Å²) >= 11 is 7.12. The molecule has 1 aromatic heterocycles. The number of hydrogen-bond acceptors (Lipinski definition) is 3. The number of halogens is 1. The van der Waals surface area contributed by atoms with Gasteiger partial charge in [0.25, 0.3) is 0 Å².